The van der Waals surface area contributed by atoms with Crippen LogP contribution in [0.4, 0.5) is 4.39 Å². The Labute approximate surface area is 97.0 Å². The molecule has 3 nitrogen and oxygen atoms in total. The highest BCUT2D eigenvalue weighted by Gasteiger charge is 2.18. The number of benzene rings is 1. The first kappa shape index (κ1) is 11.1. The molecule has 0 fully saturated rings. The minimum atomic E-state index is -0.460. The number of rotatable bonds is 3. The summed E-state index contributed by atoms with van der Waals surface area (Å²) < 4.78 is 18.3. The van der Waals surface area contributed by atoms with Crippen LogP contribution in [0.25, 0.3) is 0 Å². The summed E-state index contributed by atoms with van der Waals surface area (Å²) in [5.41, 5.74) is 3.08. The van der Waals surface area contributed by atoms with Crippen LogP contribution in [0.3, 0.4) is 0 Å². The topological polar surface area (TPSA) is 51.2 Å². The van der Waals surface area contributed by atoms with Gasteiger partial charge in [0.1, 0.15) is 17.6 Å². The minimum Gasteiger partial charge on any atom is -0.467 e. The van der Waals surface area contributed by atoms with Crippen molar-refractivity contribution in [1.82, 2.24) is 5.43 Å². The van der Waals surface area contributed by atoms with Crippen molar-refractivity contribution in [2.45, 2.75) is 6.04 Å². The van der Waals surface area contributed by atoms with E-state index in [0.29, 0.717) is 16.3 Å². The summed E-state index contributed by atoms with van der Waals surface area (Å²) in [4.78, 5) is 0. The number of hydrazine groups is 1. The third-order valence-corrected chi connectivity index (χ3v) is 2.61. The first-order chi connectivity index (χ1) is 7.72. The third-order valence-electron chi connectivity index (χ3n) is 2.26. The van der Waals surface area contributed by atoms with E-state index in [4.69, 9.17) is 21.9 Å². The summed E-state index contributed by atoms with van der Waals surface area (Å²) in [6.45, 7) is 0. The molecule has 0 aliphatic rings. The van der Waals surface area contributed by atoms with Crippen molar-refractivity contribution in [2.24, 2.45) is 5.84 Å². The lowest BCUT2D eigenvalue weighted by Crippen LogP contribution is -2.28. The Balaban J connectivity index is 2.44. The van der Waals surface area contributed by atoms with E-state index in [1.54, 1.807) is 12.1 Å². The van der Waals surface area contributed by atoms with Crippen LogP contribution in [0.15, 0.2) is 41.0 Å². The molecule has 0 saturated heterocycles. The van der Waals surface area contributed by atoms with E-state index in [2.05, 4.69) is 5.43 Å². The van der Waals surface area contributed by atoms with Crippen LogP contribution in [0, 0.1) is 5.82 Å². The first-order valence-electron chi connectivity index (χ1n) is 4.67. The molecule has 16 heavy (non-hydrogen) atoms. The van der Waals surface area contributed by atoms with Gasteiger partial charge in [0.05, 0.1) is 6.26 Å². The molecule has 1 atom stereocenters. The van der Waals surface area contributed by atoms with Crippen LogP contribution in [0.2, 0.25) is 5.02 Å². The molecule has 2 aromatic rings. The normalized spacial score (nSPS) is 12.7. The summed E-state index contributed by atoms with van der Waals surface area (Å²) in [5, 5.41) is 0.431. The Bertz CT molecular complexity index is 473. The van der Waals surface area contributed by atoms with Gasteiger partial charge in [-0.2, -0.15) is 0 Å². The predicted octanol–water partition coefficient (Wildman–Crippen LogP) is 2.62. The zero-order chi connectivity index (χ0) is 11.5. The smallest absolute Gasteiger partial charge is 0.126 e. The van der Waals surface area contributed by atoms with E-state index in [1.165, 1.54) is 24.5 Å². The van der Waals surface area contributed by atoms with Crippen LogP contribution in [-0.2, 0) is 0 Å². The van der Waals surface area contributed by atoms with Gasteiger partial charge in [-0.1, -0.05) is 11.6 Å². The zero-order valence-corrected chi connectivity index (χ0v) is 9.04. The van der Waals surface area contributed by atoms with Crippen LogP contribution in [-0.4, -0.2) is 0 Å². The second-order valence-electron chi connectivity index (χ2n) is 3.28. The number of nitrogens with one attached hydrogen (secondary N) is 1. The minimum absolute atomic E-state index is 0.369. The van der Waals surface area contributed by atoms with Gasteiger partial charge in [-0.15, -0.1) is 0 Å². The lowest BCUT2D eigenvalue weighted by molar-refractivity contribution is 0.451. The van der Waals surface area contributed by atoms with Crippen LogP contribution < -0.4 is 11.3 Å². The third kappa shape index (κ3) is 2.09. The fourth-order valence-corrected chi connectivity index (χ4v) is 1.74. The number of halogens is 2. The highest BCUT2D eigenvalue weighted by molar-refractivity contribution is 6.31. The average Bonchev–Trinajstić information content (AvgIpc) is 2.78. The summed E-state index contributed by atoms with van der Waals surface area (Å²) in [6.07, 6.45) is 1.52. The molecule has 1 heterocycles. The van der Waals surface area contributed by atoms with Crippen LogP contribution in [0.1, 0.15) is 17.4 Å². The monoisotopic (exact) mass is 240 g/mol. The molecule has 0 radical (unpaired) electrons. The van der Waals surface area contributed by atoms with Crippen molar-refractivity contribution in [3.8, 4) is 0 Å². The molecule has 0 saturated carbocycles. The molecule has 2 rings (SSSR count). The Kier molecular flexibility index (Phi) is 3.24. The molecule has 1 aromatic heterocycles. The SMILES string of the molecule is NNC(c1ccco1)c1cc(F)ccc1Cl. The highest BCUT2D eigenvalue weighted by atomic mass is 35.5. The number of nitrogens with two attached hydrogens (primary N) is 1. The maximum absolute atomic E-state index is 13.1. The van der Waals surface area contributed by atoms with E-state index in [-0.39, 0.29) is 5.82 Å². The van der Waals surface area contributed by atoms with E-state index < -0.39 is 6.04 Å². The predicted molar refractivity (Wildman–Crippen MR) is 59.3 cm³/mol. The maximum Gasteiger partial charge on any atom is 0.126 e. The number of hydrogen-bond donors (Lipinski definition) is 2. The van der Waals surface area contributed by atoms with Gasteiger partial charge in [-0.05, 0) is 35.9 Å². The van der Waals surface area contributed by atoms with Gasteiger partial charge in [-0.3, -0.25) is 5.84 Å². The average molecular weight is 241 g/mol. The Morgan fingerprint density at radius 3 is 2.81 bits per heavy atom. The summed E-state index contributed by atoms with van der Waals surface area (Å²) in [5.74, 6) is 5.63. The molecule has 1 aromatic carbocycles. The van der Waals surface area contributed by atoms with E-state index in [9.17, 15) is 4.39 Å². The van der Waals surface area contributed by atoms with Crippen LogP contribution >= 0.6 is 11.6 Å². The van der Waals surface area contributed by atoms with Gasteiger partial charge < -0.3 is 4.42 Å². The molecule has 0 aliphatic heterocycles. The molecule has 0 aliphatic carbocycles. The molecule has 0 bridgehead atoms. The molecule has 5 heteroatoms. The summed E-state index contributed by atoms with van der Waals surface area (Å²) in [7, 11) is 0. The largest absolute Gasteiger partial charge is 0.467 e. The van der Waals surface area contributed by atoms with Crippen molar-refractivity contribution in [3.63, 3.8) is 0 Å². The highest BCUT2D eigenvalue weighted by Crippen LogP contribution is 2.28. The van der Waals surface area contributed by atoms with Crippen molar-refractivity contribution >= 4 is 11.6 Å². The zero-order valence-electron chi connectivity index (χ0n) is 8.28. The van der Waals surface area contributed by atoms with Gasteiger partial charge in [0.2, 0.25) is 0 Å². The second-order valence-corrected chi connectivity index (χ2v) is 3.69. The van der Waals surface area contributed by atoms with Gasteiger partial charge in [-0.25, -0.2) is 9.82 Å². The van der Waals surface area contributed by atoms with Gasteiger partial charge >= 0.3 is 0 Å². The molecule has 1 unspecified atom stereocenters. The second kappa shape index (κ2) is 4.65. The molecule has 84 valence electrons. The lowest BCUT2D eigenvalue weighted by atomic mass is 10.1. The van der Waals surface area contributed by atoms with Crippen LogP contribution in [0.5, 0.6) is 0 Å². The summed E-state index contributed by atoms with van der Waals surface area (Å²) in [6, 6.07) is 7.12. The van der Waals surface area contributed by atoms with E-state index in [0.717, 1.165) is 0 Å². The first-order valence-corrected chi connectivity index (χ1v) is 5.04. The standard InChI is InChI=1S/C11H10ClFN2O/c12-9-4-3-7(13)6-8(9)11(15-14)10-2-1-5-16-10/h1-6,11,15H,14H2. The Morgan fingerprint density at radius 1 is 1.38 bits per heavy atom. The van der Waals surface area contributed by atoms with Crippen molar-refractivity contribution in [1.29, 1.82) is 0 Å². The van der Waals surface area contributed by atoms with Gasteiger partial charge in [0.15, 0.2) is 0 Å². The number of hydrogen-bond acceptors (Lipinski definition) is 3. The molecular weight excluding hydrogens is 231 g/mol. The quantitative estimate of drug-likeness (QED) is 0.641. The molecule has 0 amide bonds. The van der Waals surface area contributed by atoms with Gasteiger partial charge in [0, 0.05) is 5.02 Å². The summed E-state index contributed by atoms with van der Waals surface area (Å²) >= 11 is 5.98. The number of furan rings is 1. The molecule has 3 N–H and O–H groups in total. The van der Waals surface area contributed by atoms with Gasteiger partial charge in [0.25, 0.3) is 0 Å². The Hall–Kier alpha value is -1.36. The lowest BCUT2D eigenvalue weighted by Gasteiger charge is -2.15. The van der Waals surface area contributed by atoms with Crippen molar-refractivity contribution in [3.05, 3.63) is 58.8 Å². The van der Waals surface area contributed by atoms with E-state index >= 15 is 0 Å². The van der Waals surface area contributed by atoms with E-state index in [1.807, 2.05) is 0 Å². The fourth-order valence-electron chi connectivity index (χ4n) is 1.52. The molecular formula is C11H10ClFN2O. The van der Waals surface area contributed by atoms with Crippen molar-refractivity contribution in [2.75, 3.05) is 0 Å². The van der Waals surface area contributed by atoms with Crippen molar-refractivity contribution < 1.29 is 8.81 Å². The maximum atomic E-state index is 13.1. The fraction of sp³-hybridized carbons (Fsp3) is 0.0909. The Morgan fingerprint density at radius 2 is 2.19 bits per heavy atom. The molecule has 0 spiro atoms.